The van der Waals surface area contributed by atoms with Crippen LogP contribution < -0.4 is 0 Å². The Kier molecular flexibility index (Phi) is 7.58. The molecule has 0 spiro atoms. The van der Waals surface area contributed by atoms with Crippen molar-refractivity contribution in [2.24, 2.45) is 0 Å². The number of benzene rings is 2. The Balaban J connectivity index is 1.28. The summed E-state index contributed by atoms with van der Waals surface area (Å²) in [5.74, 6) is 0.491. The largest absolute Gasteiger partial charge is 0.447 e. The van der Waals surface area contributed by atoms with Crippen molar-refractivity contribution >= 4 is 17.5 Å². The topological polar surface area (TPSA) is 52.8 Å². The fraction of sp³-hybridized carbons (Fsp3) is 0.360. The van der Waals surface area contributed by atoms with Gasteiger partial charge < -0.3 is 9.32 Å². The van der Waals surface area contributed by atoms with Crippen molar-refractivity contribution in [2.75, 3.05) is 32.7 Å². The molecule has 0 bridgehead atoms. The third-order valence-electron chi connectivity index (χ3n) is 5.78. The second kappa shape index (κ2) is 10.8. The Bertz CT molecular complexity index is 1020. The lowest BCUT2D eigenvalue weighted by atomic mass is 10.2. The second-order valence-electron chi connectivity index (χ2n) is 8.11. The van der Waals surface area contributed by atoms with Gasteiger partial charge in [-0.05, 0) is 30.2 Å². The van der Waals surface area contributed by atoms with E-state index in [1.165, 1.54) is 11.8 Å². The quantitative estimate of drug-likeness (QED) is 0.509. The van der Waals surface area contributed by atoms with Crippen molar-refractivity contribution in [3.63, 3.8) is 0 Å². The van der Waals surface area contributed by atoms with E-state index in [2.05, 4.69) is 20.9 Å². The average molecular weight is 453 g/mol. The number of carbonyl (C=O) groups excluding carboxylic acids is 1. The highest BCUT2D eigenvalue weighted by Gasteiger charge is 2.22. The first-order valence-electron chi connectivity index (χ1n) is 11.1. The molecule has 1 aliphatic heterocycles. The maximum absolute atomic E-state index is 12.9. The lowest BCUT2D eigenvalue weighted by Gasteiger charge is -2.34. The number of rotatable bonds is 8. The van der Waals surface area contributed by atoms with E-state index in [1.807, 2.05) is 55.5 Å². The summed E-state index contributed by atoms with van der Waals surface area (Å²) in [7, 11) is 0. The summed E-state index contributed by atoms with van der Waals surface area (Å²) in [5, 5.41) is 0.779. The molecule has 168 valence electrons. The molecular weight excluding hydrogens is 424 g/mol. The molecule has 0 saturated carbocycles. The third-order valence-corrected chi connectivity index (χ3v) is 6.01. The Morgan fingerprint density at radius 2 is 1.69 bits per heavy atom. The van der Waals surface area contributed by atoms with Crippen LogP contribution in [0.2, 0.25) is 5.02 Å². The lowest BCUT2D eigenvalue weighted by Crippen LogP contribution is -2.45. The third kappa shape index (κ3) is 5.97. The zero-order valence-electron chi connectivity index (χ0n) is 18.4. The van der Waals surface area contributed by atoms with Crippen molar-refractivity contribution in [3.05, 3.63) is 88.6 Å². The van der Waals surface area contributed by atoms with Gasteiger partial charge in [-0.15, -0.1) is 0 Å². The molecule has 0 radical (unpaired) electrons. The van der Waals surface area contributed by atoms with Gasteiger partial charge in [0.1, 0.15) is 6.26 Å². The van der Waals surface area contributed by atoms with Crippen molar-refractivity contribution < 1.29 is 9.21 Å². The van der Waals surface area contributed by atoms with Gasteiger partial charge in [-0.25, -0.2) is 4.98 Å². The van der Waals surface area contributed by atoms with E-state index < -0.39 is 0 Å². The Hall–Kier alpha value is -2.67. The van der Waals surface area contributed by atoms with Crippen LogP contribution in [0, 0.1) is 0 Å². The van der Waals surface area contributed by atoms with Crippen LogP contribution in [0.15, 0.2) is 65.3 Å². The Morgan fingerprint density at radius 3 is 2.38 bits per heavy atom. The highest BCUT2D eigenvalue weighted by molar-refractivity contribution is 6.30. The highest BCUT2D eigenvalue weighted by Crippen LogP contribution is 2.16. The van der Waals surface area contributed by atoms with Crippen LogP contribution in [-0.2, 0) is 19.6 Å². The molecule has 0 unspecified atom stereocenters. The standard InChI is InChI=1S/C25H29ClN4O2/c1-2-30(17-20-7-4-3-5-8-20)25(31)23-19-32-24(27-23)18-29-13-11-28(12-14-29)16-21-9-6-10-22(26)15-21/h3-10,15,19H,2,11-14,16-18H2,1H3. The van der Waals surface area contributed by atoms with E-state index in [0.29, 0.717) is 31.2 Å². The molecule has 7 heteroatoms. The average Bonchev–Trinajstić information content (AvgIpc) is 3.27. The first kappa shape index (κ1) is 22.5. The van der Waals surface area contributed by atoms with Crippen molar-refractivity contribution in [1.29, 1.82) is 0 Å². The first-order valence-corrected chi connectivity index (χ1v) is 11.5. The number of amides is 1. The minimum absolute atomic E-state index is 0.0994. The van der Waals surface area contributed by atoms with Gasteiger partial charge in [-0.3, -0.25) is 14.6 Å². The molecular formula is C25H29ClN4O2. The number of aromatic nitrogens is 1. The van der Waals surface area contributed by atoms with Crippen LogP contribution in [-0.4, -0.2) is 58.3 Å². The smallest absolute Gasteiger partial charge is 0.276 e. The minimum Gasteiger partial charge on any atom is -0.447 e. The van der Waals surface area contributed by atoms with Gasteiger partial charge in [-0.1, -0.05) is 54.1 Å². The van der Waals surface area contributed by atoms with E-state index in [-0.39, 0.29) is 5.91 Å². The number of hydrogen-bond acceptors (Lipinski definition) is 5. The molecule has 1 aromatic heterocycles. The van der Waals surface area contributed by atoms with Crippen LogP contribution in [0.5, 0.6) is 0 Å². The number of nitrogens with zero attached hydrogens (tertiary/aromatic N) is 4. The lowest BCUT2D eigenvalue weighted by molar-refractivity contribution is 0.0746. The Morgan fingerprint density at radius 1 is 1.00 bits per heavy atom. The summed E-state index contributed by atoms with van der Waals surface area (Å²) < 4.78 is 5.64. The summed E-state index contributed by atoms with van der Waals surface area (Å²) >= 11 is 6.10. The number of oxazole rings is 1. The molecule has 4 rings (SSSR count). The van der Waals surface area contributed by atoms with E-state index in [1.54, 1.807) is 4.90 Å². The summed E-state index contributed by atoms with van der Waals surface area (Å²) in [4.78, 5) is 23.9. The molecule has 3 aromatic rings. The van der Waals surface area contributed by atoms with E-state index in [0.717, 1.165) is 43.3 Å². The molecule has 2 heterocycles. The van der Waals surface area contributed by atoms with Crippen LogP contribution >= 0.6 is 11.6 Å². The van der Waals surface area contributed by atoms with Crippen molar-refractivity contribution in [3.8, 4) is 0 Å². The van der Waals surface area contributed by atoms with Gasteiger partial charge in [0, 0.05) is 50.8 Å². The summed E-state index contributed by atoms with van der Waals surface area (Å²) in [6.07, 6.45) is 1.49. The van der Waals surface area contributed by atoms with Gasteiger partial charge in [0.2, 0.25) is 5.89 Å². The molecule has 1 saturated heterocycles. The zero-order valence-corrected chi connectivity index (χ0v) is 19.2. The van der Waals surface area contributed by atoms with Crippen LogP contribution in [0.1, 0.15) is 34.4 Å². The number of carbonyl (C=O) groups is 1. The number of hydrogen-bond donors (Lipinski definition) is 0. The predicted molar refractivity (Wildman–Crippen MR) is 125 cm³/mol. The predicted octanol–water partition coefficient (Wildman–Crippen LogP) is 4.31. The summed E-state index contributed by atoms with van der Waals surface area (Å²) in [6, 6.07) is 18.0. The Labute approximate surface area is 194 Å². The van der Waals surface area contributed by atoms with Crippen LogP contribution in [0.25, 0.3) is 0 Å². The normalized spacial score (nSPS) is 15.1. The molecule has 0 atom stereocenters. The summed E-state index contributed by atoms with van der Waals surface area (Å²) in [6.45, 7) is 8.48. The van der Waals surface area contributed by atoms with Gasteiger partial charge in [0.05, 0.1) is 6.54 Å². The molecule has 0 N–H and O–H groups in total. The fourth-order valence-corrected chi connectivity index (χ4v) is 4.18. The first-order chi connectivity index (χ1) is 15.6. The van der Waals surface area contributed by atoms with Crippen molar-refractivity contribution in [2.45, 2.75) is 26.6 Å². The minimum atomic E-state index is -0.0994. The maximum Gasteiger partial charge on any atom is 0.276 e. The van der Waals surface area contributed by atoms with Gasteiger partial charge >= 0.3 is 0 Å². The SMILES string of the molecule is CCN(Cc1ccccc1)C(=O)c1coc(CN2CCN(Cc3cccc(Cl)c3)CC2)n1. The summed E-state index contributed by atoms with van der Waals surface area (Å²) in [5.41, 5.74) is 2.71. The van der Waals surface area contributed by atoms with Crippen molar-refractivity contribution in [1.82, 2.24) is 19.7 Å². The van der Waals surface area contributed by atoms with Crippen LogP contribution in [0.3, 0.4) is 0 Å². The maximum atomic E-state index is 12.9. The van der Waals surface area contributed by atoms with Gasteiger partial charge in [0.15, 0.2) is 5.69 Å². The molecule has 0 aliphatic carbocycles. The number of piperazine rings is 1. The highest BCUT2D eigenvalue weighted by atomic mass is 35.5. The molecule has 1 fully saturated rings. The molecule has 32 heavy (non-hydrogen) atoms. The second-order valence-corrected chi connectivity index (χ2v) is 8.55. The fourth-order valence-electron chi connectivity index (χ4n) is 3.97. The van der Waals surface area contributed by atoms with E-state index in [9.17, 15) is 4.79 Å². The van der Waals surface area contributed by atoms with Gasteiger partial charge in [0.25, 0.3) is 5.91 Å². The van der Waals surface area contributed by atoms with E-state index in [4.69, 9.17) is 16.0 Å². The van der Waals surface area contributed by atoms with Gasteiger partial charge in [-0.2, -0.15) is 0 Å². The number of halogens is 1. The monoisotopic (exact) mass is 452 g/mol. The molecule has 1 aliphatic rings. The molecule has 1 amide bonds. The van der Waals surface area contributed by atoms with E-state index >= 15 is 0 Å². The zero-order chi connectivity index (χ0) is 22.3. The molecule has 2 aromatic carbocycles. The van der Waals surface area contributed by atoms with Crippen LogP contribution in [0.4, 0.5) is 0 Å². The molecule has 6 nitrogen and oxygen atoms in total.